The molecule has 0 spiro atoms. The Morgan fingerprint density at radius 3 is 2.62 bits per heavy atom. The van der Waals surface area contributed by atoms with Crippen LogP contribution in [0.3, 0.4) is 0 Å². The average molecular weight is 527 g/mol. The minimum absolute atomic E-state index is 0.106. The summed E-state index contributed by atoms with van der Waals surface area (Å²) in [6.45, 7) is 5.81. The molecule has 2 atom stereocenters. The third kappa shape index (κ3) is 4.71. The lowest BCUT2D eigenvalue weighted by molar-refractivity contribution is 0.0500. The largest absolute Gasteiger partial charge is 0.492 e. The molecule has 37 heavy (non-hydrogen) atoms. The zero-order chi connectivity index (χ0) is 25.6. The molecule has 3 aliphatic heterocycles. The maximum Gasteiger partial charge on any atom is 0.261 e. The zero-order valence-corrected chi connectivity index (χ0v) is 21.6. The molecule has 0 bridgehead atoms. The highest BCUT2D eigenvalue weighted by Gasteiger charge is 2.39. The van der Waals surface area contributed by atoms with Crippen molar-refractivity contribution in [2.75, 3.05) is 37.7 Å². The molecule has 0 saturated carbocycles. The number of ether oxygens (including phenoxy) is 1. The Labute approximate surface area is 216 Å². The summed E-state index contributed by atoms with van der Waals surface area (Å²) in [6, 6.07) is 13.7. The van der Waals surface area contributed by atoms with Crippen LogP contribution in [0.1, 0.15) is 30.4 Å². The van der Waals surface area contributed by atoms with Crippen molar-refractivity contribution in [3.63, 3.8) is 0 Å². The van der Waals surface area contributed by atoms with Gasteiger partial charge in [-0.3, -0.25) is 9.58 Å². The summed E-state index contributed by atoms with van der Waals surface area (Å²) in [7, 11) is -3.79. The molecular formula is C26H31FN6O3S. The number of likely N-dealkylation sites (tertiary alicyclic amines) is 1. The van der Waals surface area contributed by atoms with Crippen molar-refractivity contribution < 1.29 is 17.5 Å². The van der Waals surface area contributed by atoms with Gasteiger partial charge in [-0.15, -0.1) is 5.10 Å². The van der Waals surface area contributed by atoms with Crippen molar-refractivity contribution >= 4 is 15.7 Å². The van der Waals surface area contributed by atoms with Crippen molar-refractivity contribution in [3.8, 4) is 5.75 Å². The molecule has 0 aliphatic carbocycles. The third-order valence-electron chi connectivity index (χ3n) is 7.67. The van der Waals surface area contributed by atoms with E-state index in [4.69, 9.17) is 4.74 Å². The molecule has 2 saturated heterocycles. The van der Waals surface area contributed by atoms with Gasteiger partial charge >= 0.3 is 0 Å². The number of sulfonamides is 1. The number of hydrogen-bond donors (Lipinski definition) is 1. The predicted molar refractivity (Wildman–Crippen MR) is 137 cm³/mol. The number of aryl methyl sites for hydroxylation is 1. The van der Waals surface area contributed by atoms with Gasteiger partial charge in [-0.1, -0.05) is 35.5 Å². The van der Waals surface area contributed by atoms with Crippen LogP contribution in [0.5, 0.6) is 5.75 Å². The summed E-state index contributed by atoms with van der Waals surface area (Å²) in [5, 5.41) is 7.46. The van der Waals surface area contributed by atoms with Crippen LogP contribution in [0.15, 0.2) is 53.7 Å². The molecule has 0 amide bonds. The van der Waals surface area contributed by atoms with E-state index >= 15 is 4.39 Å². The number of halogens is 1. The lowest BCUT2D eigenvalue weighted by Crippen LogP contribution is -2.59. The van der Waals surface area contributed by atoms with Gasteiger partial charge in [-0.05, 0) is 44.5 Å². The van der Waals surface area contributed by atoms with Gasteiger partial charge in [-0.25, -0.2) is 17.5 Å². The first kappa shape index (κ1) is 24.3. The van der Waals surface area contributed by atoms with Crippen LogP contribution in [-0.4, -0.2) is 73.2 Å². The van der Waals surface area contributed by atoms with Gasteiger partial charge in [0, 0.05) is 37.2 Å². The summed E-state index contributed by atoms with van der Waals surface area (Å²) in [5.41, 5.74) is 2.75. The van der Waals surface area contributed by atoms with E-state index < -0.39 is 10.0 Å². The van der Waals surface area contributed by atoms with Gasteiger partial charge in [-0.2, -0.15) is 0 Å². The molecule has 196 valence electrons. The van der Waals surface area contributed by atoms with Crippen molar-refractivity contribution in [1.29, 1.82) is 0 Å². The van der Waals surface area contributed by atoms with Gasteiger partial charge in [0.1, 0.15) is 18.2 Å². The Morgan fingerprint density at radius 1 is 1.16 bits per heavy atom. The molecule has 1 aromatic heterocycles. The van der Waals surface area contributed by atoms with Crippen LogP contribution in [0.4, 0.5) is 10.1 Å². The Morgan fingerprint density at radius 2 is 1.95 bits per heavy atom. The number of benzene rings is 2. The monoisotopic (exact) mass is 526 g/mol. The fourth-order valence-corrected chi connectivity index (χ4v) is 6.56. The summed E-state index contributed by atoms with van der Waals surface area (Å²) >= 11 is 0. The van der Waals surface area contributed by atoms with Crippen molar-refractivity contribution in [2.45, 2.75) is 49.3 Å². The highest BCUT2D eigenvalue weighted by molar-refractivity contribution is 7.89. The maximum absolute atomic E-state index is 15.2. The number of aromatic nitrogens is 3. The van der Waals surface area contributed by atoms with Gasteiger partial charge in [0.2, 0.25) is 5.03 Å². The van der Waals surface area contributed by atoms with Crippen LogP contribution in [0, 0.1) is 5.82 Å². The van der Waals surface area contributed by atoms with Crippen molar-refractivity contribution in [3.05, 3.63) is 65.6 Å². The SMILES string of the molecule is CCn1cc(S(=O)(=O)NC2CN(c3cc4c(cc3F)OCC(N3CCC3)C4Cc3ccccc3)C2)nn1. The molecule has 2 fully saturated rings. The van der Waals surface area contributed by atoms with Crippen LogP contribution in [0.2, 0.25) is 0 Å². The van der Waals surface area contributed by atoms with Gasteiger partial charge < -0.3 is 9.64 Å². The number of rotatable bonds is 8. The van der Waals surface area contributed by atoms with E-state index in [9.17, 15) is 8.42 Å². The average Bonchev–Trinajstić information content (AvgIpc) is 3.33. The standard InChI is InChI=1S/C26H31FN6O3S/c1-2-33-16-26(28-30-33)37(34,35)29-19-14-32(15-19)23-12-21-20(11-18-7-4-3-5-8-18)24(31-9-6-10-31)17-36-25(21)13-22(23)27/h3-5,7-8,12-13,16,19-20,24,29H,2,6,9-11,14-15,17H2,1H3. The fraction of sp³-hybridized carbons (Fsp3) is 0.462. The quantitative estimate of drug-likeness (QED) is 0.482. The molecular weight excluding hydrogens is 495 g/mol. The second kappa shape index (κ2) is 9.70. The zero-order valence-electron chi connectivity index (χ0n) is 20.8. The Bertz CT molecular complexity index is 1370. The molecule has 4 heterocycles. The second-order valence-corrected chi connectivity index (χ2v) is 11.7. The molecule has 0 radical (unpaired) electrons. The van der Waals surface area contributed by atoms with Crippen molar-refractivity contribution in [1.82, 2.24) is 24.6 Å². The predicted octanol–water partition coefficient (Wildman–Crippen LogP) is 2.40. The summed E-state index contributed by atoms with van der Waals surface area (Å²) in [5.74, 6) is 0.435. The first-order chi connectivity index (χ1) is 17.9. The van der Waals surface area contributed by atoms with E-state index in [2.05, 4.69) is 32.1 Å². The Balaban J connectivity index is 1.21. The van der Waals surface area contributed by atoms with E-state index in [1.165, 1.54) is 28.9 Å². The van der Waals surface area contributed by atoms with E-state index in [0.717, 1.165) is 25.1 Å². The molecule has 2 aromatic carbocycles. The van der Waals surface area contributed by atoms with E-state index in [-0.39, 0.29) is 28.8 Å². The molecule has 11 heteroatoms. The minimum Gasteiger partial charge on any atom is -0.492 e. The number of nitrogens with zero attached hydrogens (tertiary/aromatic N) is 5. The smallest absolute Gasteiger partial charge is 0.261 e. The van der Waals surface area contributed by atoms with Crippen LogP contribution in [-0.2, 0) is 23.0 Å². The number of fused-ring (bicyclic) bond motifs is 1. The summed E-state index contributed by atoms with van der Waals surface area (Å²) in [4.78, 5) is 4.33. The van der Waals surface area contributed by atoms with Gasteiger partial charge in [0.15, 0.2) is 0 Å². The second-order valence-electron chi connectivity index (χ2n) is 10.0. The normalized spacial score (nSPS) is 22.2. The lowest BCUT2D eigenvalue weighted by atomic mass is 9.82. The molecule has 6 rings (SSSR count). The van der Waals surface area contributed by atoms with Crippen LogP contribution >= 0.6 is 0 Å². The Kier molecular flexibility index (Phi) is 6.37. The topological polar surface area (TPSA) is 92.6 Å². The third-order valence-corrected chi connectivity index (χ3v) is 9.05. The van der Waals surface area contributed by atoms with E-state index in [1.54, 1.807) is 0 Å². The molecule has 3 aliphatic rings. The van der Waals surface area contributed by atoms with Gasteiger partial charge in [0.05, 0.1) is 24.0 Å². The van der Waals surface area contributed by atoms with E-state index in [1.807, 2.05) is 36.1 Å². The molecule has 2 unspecified atom stereocenters. The summed E-state index contributed by atoms with van der Waals surface area (Å²) < 4.78 is 50.8. The number of anilines is 1. The van der Waals surface area contributed by atoms with E-state index in [0.29, 0.717) is 37.7 Å². The number of hydrogen-bond acceptors (Lipinski definition) is 7. The van der Waals surface area contributed by atoms with Crippen molar-refractivity contribution in [2.24, 2.45) is 0 Å². The first-order valence-corrected chi connectivity index (χ1v) is 14.3. The summed E-state index contributed by atoms with van der Waals surface area (Å²) in [6.07, 6.45) is 3.45. The maximum atomic E-state index is 15.2. The number of nitrogens with one attached hydrogen (secondary N) is 1. The minimum atomic E-state index is -3.79. The lowest BCUT2D eigenvalue weighted by Gasteiger charge is -2.46. The molecule has 1 N–H and O–H groups in total. The highest BCUT2D eigenvalue weighted by Crippen LogP contribution is 2.43. The highest BCUT2D eigenvalue weighted by atomic mass is 32.2. The van der Waals surface area contributed by atoms with Crippen LogP contribution in [0.25, 0.3) is 0 Å². The van der Waals surface area contributed by atoms with Gasteiger partial charge in [0.25, 0.3) is 10.0 Å². The Hall–Kier alpha value is -3.02. The fourth-order valence-electron chi connectivity index (χ4n) is 5.45. The van der Waals surface area contributed by atoms with Crippen LogP contribution < -0.4 is 14.4 Å². The molecule has 3 aromatic rings. The molecule has 9 nitrogen and oxygen atoms in total. The first-order valence-electron chi connectivity index (χ1n) is 12.8.